The number of carbonyl (C=O) groups is 2. The quantitative estimate of drug-likeness (QED) is 0.150. The second kappa shape index (κ2) is 12.9. The van der Waals surface area contributed by atoms with Gasteiger partial charge >= 0.3 is 11.9 Å². The molecule has 6 heteroatoms. The van der Waals surface area contributed by atoms with E-state index < -0.39 is 35.0 Å². The minimum absolute atomic E-state index is 0.311. The van der Waals surface area contributed by atoms with Gasteiger partial charge in [0.25, 0.3) is 0 Å². The molecule has 0 aliphatic carbocycles. The van der Waals surface area contributed by atoms with E-state index in [1.165, 1.54) is 0 Å². The SMILES string of the molecule is COc1ccc(C(=O)OCC(=O)OC(C)(C)C#Cc2ccccc2)cc1[S+](c1ccccc1)c1ccccc1. The van der Waals surface area contributed by atoms with Gasteiger partial charge in [-0.05, 0) is 62.4 Å². The molecule has 0 aliphatic heterocycles. The van der Waals surface area contributed by atoms with Crippen LogP contribution in [-0.4, -0.2) is 31.3 Å². The predicted molar refractivity (Wildman–Crippen MR) is 152 cm³/mol. The maximum Gasteiger partial charge on any atom is 0.345 e. The highest BCUT2D eigenvalue weighted by molar-refractivity contribution is 7.97. The molecule has 0 bridgehead atoms. The Labute approximate surface area is 232 Å². The van der Waals surface area contributed by atoms with Crippen molar-refractivity contribution in [3.05, 3.63) is 120 Å². The lowest BCUT2D eigenvalue weighted by Crippen LogP contribution is -2.29. The monoisotopic (exact) mass is 537 g/mol. The Morgan fingerprint density at radius 3 is 1.92 bits per heavy atom. The van der Waals surface area contributed by atoms with E-state index in [-0.39, 0.29) is 0 Å². The summed E-state index contributed by atoms with van der Waals surface area (Å²) in [5.74, 6) is 5.27. The van der Waals surface area contributed by atoms with Crippen LogP contribution in [0.3, 0.4) is 0 Å². The maximum absolute atomic E-state index is 13.0. The van der Waals surface area contributed by atoms with Gasteiger partial charge in [0.05, 0.1) is 12.7 Å². The van der Waals surface area contributed by atoms with Crippen molar-refractivity contribution in [3.8, 4) is 17.6 Å². The Balaban J connectivity index is 1.50. The number of carbonyl (C=O) groups excluding carboxylic acids is 2. The summed E-state index contributed by atoms with van der Waals surface area (Å²) in [6, 6.07) is 34.7. The Hall–Kier alpha value is -4.47. The first-order chi connectivity index (χ1) is 18.9. The van der Waals surface area contributed by atoms with Gasteiger partial charge in [-0.3, -0.25) is 0 Å². The van der Waals surface area contributed by atoms with E-state index in [0.29, 0.717) is 11.3 Å². The second-order valence-electron chi connectivity index (χ2n) is 8.97. The normalized spacial score (nSPS) is 10.8. The molecule has 0 heterocycles. The summed E-state index contributed by atoms with van der Waals surface area (Å²) < 4.78 is 16.5. The molecule has 0 fully saturated rings. The van der Waals surface area contributed by atoms with E-state index in [0.717, 1.165) is 20.2 Å². The van der Waals surface area contributed by atoms with Gasteiger partial charge in [0.1, 0.15) is 10.9 Å². The average Bonchev–Trinajstić information content (AvgIpc) is 2.96. The van der Waals surface area contributed by atoms with E-state index in [9.17, 15) is 9.59 Å². The highest BCUT2D eigenvalue weighted by atomic mass is 32.2. The summed E-state index contributed by atoms with van der Waals surface area (Å²) in [4.78, 5) is 28.4. The first-order valence-corrected chi connectivity index (χ1v) is 13.6. The van der Waals surface area contributed by atoms with Crippen molar-refractivity contribution in [1.29, 1.82) is 0 Å². The molecule has 4 aromatic carbocycles. The molecule has 0 amide bonds. The molecule has 0 saturated heterocycles. The van der Waals surface area contributed by atoms with E-state index in [4.69, 9.17) is 14.2 Å². The zero-order valence-corrected chi connectivity index (χ0v) is 22.9. The molecule has 39 heavy (non-hydrogen) atoms. The topological polar surface area (TPSA) is 61.8 Å². The van der Waals surface area contributed by atoms with Crippen molar-refractivity contribution in [1.82, 2.24) is 0 Å². The van der Waals surface area contributed by atoms with Crippen molar-refractivity contribution in [3.63, 3.8) is 0 Å². The summed E-state index contributed by atoms with van der Waals surface area (Å²) in [6.07, 6.45) is 0. The molecule has 0 N–H and O–H groups in total. The number of esters is 2. The third-order valence-electron chi connectivity index (χ3n) is 5.55. The van der Waals surface area contributed by atoms with Crippen LogP contribution in [0.4, 0.5) is 0 Å². The second-order valence-corrected chi connectivity index (χ2v) is 11.0. The number of ether oxygens (including phenoxy) is 3. The number of rotatable bonds is 8. The van der Waals surface area contributed by atoms with Crippen LogP contribution in [0, 0.1) is 11.8 Å². The largest absolute Gasteiger partial charge is 0.491 e. The van der Waals surface area contributed by atoms with Crippen LogP contribution in [0.2, 0.25) is 0 Å². The molecule has 4 rings (SSSR count). The van der Waals surface area contributed by atoms with Crippen molar-refractivity contribution in [2.45, 2.75) is 34.1 Å². The van der Waals surface area contributed by atoms with Crippen molar-refractivity contribution in [2.24, 2.45) is 0 Å². The molecule has 0 saturated carbocycles. The smallest absolute Gasteiger partial charge is 0.345 e. The lowest BCUT2D eigenvalue weighted by atomic mass is 10.1. The summed E-state index contributed by atoms with van der Waals surface area (Å²) in [7, 11) is 1.07. The molecule has 0 aliphatic rings. The molecule has 0 unspecified atom stereocenters. The summed E-state index contributed by atoms with van der Waals surface area (Å²) >= 11 is 0. The van der Waals surface area contributed by atoms with Crippen LogP contribution in [0.25, 0.3) is 0 Å². The molecular weight excluding hydrogens is 508 g/mol. The van der Waals surface area contributed by atoms with Crippen molar-refractivity contribution in [2.75, 3.05) is 13.7 Å². The maximum atomic E-state index is 13.0. The van der Waals surface area contributed by atoms with Gasteiger partial charge in [-0.15, -0.1) is 0 Å². The van der Waals surface area contributed by atoms with Crippen molar-refractivity contribution >= 4 is 22.8 Å². The average molecular weight is 538 g/mol. The summed E-state index contributed by atoms with van der Waals surface area (Å²) in [6.45, 7) is 2.85. The molecule has 5 nitrogen and oxygen atoms in total. The summed E-state index contributed by atoms with van der Waals surface area (Å²) in [5, 5.41) is 0. The van der Waals surface area contributed by atoms with Gasteiger partial charge in [0, 0.05) is 11.6 Å². The Morgan fingerprint density at radius 2 is 1.36 bits per heavy atom. The third-order valence-corrected chi connectivity index (χ3v) is 7.79. The van der Waals surface area contributed by atoms with Crippen LogP contribution in [0.1, 0.15) is 29.8 Å². The molecule has 0 spiro atoms. The molecular formula is C33H29O5S+. The lowest BCUT2D eigenvalue weighted by Gasteiger charge is -2.18. The first-order valence-electron chi connectivity index (χ1n) is 12.4. The Bertz CT molecular complexity index is 1430. The Kier molecular flexibility index (Phi) is 9.09. The van der Waals surface area contributed by atoms with Gasteiger partial charge in [-0.25, -0.2) is 9.59 Å². The molecule has 0 atom stereocenters. The number of hydrogen-bond donors (Lipinski definition) is 0. The fourth-order valence-electron chi connectivity index (χ4n) is 3.76. The van der Waals surface area contributed by atoms with Gasteiger partial charge in [-0.2, -0.15) is 0 Å². The third kappa shape index (κ3) is 7.53. The van der Waals surface area contributed by atoms with Gasteiger partial charge in [0.2, 0.25) is 4.90 Å². The standard InChI is InChI=1S/C33H29O5S/c1-33(2,22-21-25-13-7-4-8-14-25)38-31(34)24-37-32(35)26-19-20-29(36-3)30(23-26)39(27-15-9-5-10-16-27)28-17-11-6-12-18-28/h4-20,23H,24H2,1-3H3/q+1. The van der Waals surface area contributed by atoms with E-state index in [1.807, 2.05) is 66.7 Å². The van der Waals surface area contributed by atoms with E-state index in [2.05, 4.69) is 36.1 Å². The predicted octanol–water partition coefficient (Wildman–Crippen LogP) is 6.32. The number of benzene rings is 4. The Morgan fingerprint density at radius 1 is 0.795 bits per heavy atom. The van der Waals surface area contributed by atoms with Crippen LogP contribution in [-0.2, 0) is 25.2 Å². The zero-order chi connectivity index (χ0) is 27.7. The zero-order valence-electron chi connectivity index (χ0n) is 22.0. The van der Waals surface area contributed by atoms with Crippen LogP contribution in [0.15, 0.2) is 124 Å². The van der Waals surface area contributed by atoms with Gasteiger partial charge < -0.3 is 14.2 Å². The van der Waals surface area contributed by atoms with Gasteiger partial charge in [-0.1, -0.05) is 66.4 Å². The van der Waals surface area contributed by atoms with Crippen LogP contribution >= 0.6 is 0 Å². The minimum Gasteiger partial charge on any atom is -0.491 e. The fraction of sp³-hybridized carbons (Fsp3) is 0.152. The number of methoxy groups -OCH3 is 1. The minimum atomic E-state index is -1.05. The van der Waals surface area contributed by atoms with Crippen molar-refractivity contribution < 1.29 is 23.8 Å². The first kappa shape index (κ1) is 27.6. The molecule has 0 aromatic heterocycles. The molecule has 4 aromatic rings. The molecule has 0 radical (unpaired) electrons. The van der Waals surface area contributed by atoms with E-state index >= 15 is 0 Å². The highest BCUT2D eigenvalue weighted by Gasteiger charge is 2.33. The lowest BCUT2D eigenvalue weighted by molar-refractivity contribution is -0.155. The highest BCUT2D eigenvalue weighted by Crippen LogP contribution is 2.37. The molecule has 196 valence electrons. The fourth-order valence-corrected chi connectivity index (χ4v) is 5.99. The van der Waals surface area contributed by atoms with Crippen LogP contribution in [0.5, 0.6) is 5.75 Å². The van der Waals surface area contributed by atoms with Crippen LogP contribution < -0.4 is 4.74 Å². The summed E-state index contributed by atoms with van der Waals surface area (Å²) in [5.41, 5.74) is 0.0752. The van der Waals surface area contributed by atoms with Gasteiger partial charge in [0.15, 0.2) is 27.7 Å². The number of hydrogen-bond acceptors (Lipinski definition) is 5. The van der Waals surface area contributed by atoms with E-state index in [1.54, 1.807) is 39.2 Å².